The van der Waals surface area contributed by atoms with Crippen LogP contribution in [0, 0.1) is 5.82 Å². The summed E-state index contributed by atoms with van der Waals surface area (Å²) in [6, 6.07) is 11.1. The molecule has 0 fully saturated rings. The number of carbonyl (C=O) groups is 3. The minimum Gasteiger partial charge on any atom is -0.505 e. The number of phenolic OH excluding ortho intramolecular Hbond substituents is 1. The Balaban J connectivity index is 2.26. The normalized spacial score (nSPS) is 12.8. The molecule has 0 unspecified atom stereocenters. The summed E-state index contributed by atoms with van der Waals surface area (Å²) in [5, 5.41) is 20.0. The highest BCUT2D eigenvalue weighted by Crippen LogP contribution is 2.28. The van der Waals surface area contributed by atoms with Gasteiger partial charge < -0.3 is 14.6 Å². The third-order valence-corrected chi connectivity index (χ3v) is 3.90. The molecular weight excluding hydrogens is 399 g/mol. The average Bonchev–Trinajstić information content (AvgIpc) is 2.75. The molecule has 0 saturated heterocycles. The van der Waals surface area contributed by atoms with Gasteiger partial charge in [-0.15, -0.1) is 0 Å². The van der Waals surface area contributed by atoms with Crippen molar-refractivity contribution in [1.82, 2.24) is 10.8 Å². The predicted molar refractivity (Wildman–Crippen MR) is 101 cm³/mol. The molecule has 0 aliphatic rings. The van der Waals surface area contributed by atoms with Crippen LogP contribution in [0.3, 0.4) is 0 Å². The fourth-order valence-corrected chi connectivity index (χ4v) is 2.45. The second-order valence-corrected chi connectivity index (χ2v) is 5.89. The van der Waals surface area contributed by atoms with Crippen molar-refractivity contribution < 1.29 is 38.6 Å². The molecule has 2 rings (SSSR count). The summed E-state index contributed by atoms with van der Waals surface area (Å²) in [5.74, 6) is -3.20. The minimum absolute atomic E-state index is 0.0773. The van der Waals surface area contributed by atoms with E-state index in [9.17, 15) is 23.9 Å². The van der Waals surface area contributed by atoms with E-state index < -0.39 is 41.7 Å². The van der Waals surface area contributed by atoms with Gasteiger partial charge in [-0.3, -0.25) is 20.1 Å². The van der Waals surface area contributed by atoms with Gasteiger partial charge in [0.25, 0.3) is 11.8 Å². The average molecular weight is 418 g/mol. The number of hydrogen-bond acceptors (Lipinski definition) is 7. The zero-order valence-electron chi connectivity index (χ0n) is 15.7. The number of hydroxylamine groups is 1. The Morgan fingerprint density at radius 1 is 1.13 bits per heavy atom. The molecule has 0 aliphatic carbocycles. The van der Waals surface area contributed by atoms with Gasteiger partial charge in [0, 0.05) is 18.7 Å². The maximum Gasteiger partial charge on any atom is 0.414 e. The first-order valence-electron chi connectivity index (χ1n) is 8.56. The Labute approximate surface area is 170 Å². The molecule has 2 aromatic rings. The van der Waals surface area contributed by atoms with Crippen molar-refractivity contribution >= 4 is 17.9 Å². The summed E-state index contributed by atoms with van der Waals surface area (Å²) in [5.41, 5.74) is 1.68. The number of alkyl carbamates (subject to hydrolysis) is 1. The number of halogens is 1. The summed E-state index contributed by atoms with van der Waals surface area (Å²) in [6.45, 7) is 0. The first kappa shape index (κ1) is 22.5. The highest BCUT2D eigenvalue weighted by Gasteiger charge is 2.27. The van der Waals surface area contributed by atoms with Gasteiger partial charge in [0.2, 0.25) is 0 Å². The number of benzene rings is 2. The summed E-state index contributed by atoms with van der Waals surface area (Å²) in [7, 11) is 1.24. The fourth-order valence-electron chi connectivity index (χ4n) is 2.45. The lowest BCUT2D eigenvalue weighted by Crippen LogP contribution is -2.35. The van der Waals surface area contributed by atoms with E-state index in [1.807, 2.05) is 5.32 Å². The van der Waals surface area contributed by atoms with Crippen LogP contribution in [-0.4, -0.2) is 41.4 Å². The molecule has 0 aromatic heterocycles. The first-order chi connectivity index (χ1) is 14.3. The van der Waals surface area contributed by atoms with Crippen molar-refractivity contribution in [2.24, 2.45) is 0 Å². The van der Waals surface area contributed by atoms with E-state index in [0.717, 1.165) is 24.3 Å². The predicted octanol–water partition coefficient (Wildman–Crippen LogP) is 2.22. The topological polar surface area (TPSA) is 134 Å². The third-order valence-electron chi connectivity index (χ3n) is 3.90. The SMILES string of the molecule is CO[C@@H](/C=C/C(=O)NO)[C@@H](OC(=O)NC(=O)c1ccccc1)c1ccc(O)c(F)c1. The number of ether oxygens (including phenoxy) is 2. The molecule has 158 valence electrons. The van der Waals surface area contributed by atoms with E-state index in [2.05, 4.69) is 0 Å². The Hall–Kier alpha value is -3.76. The van der Waals surface area contributed by atoms with Gasteiger partial charge in [0.1, 0.15) is 6.10 Å². The maximum atomic E-state index is 13.8. The number of aromatic hydroxyl groups is 1. The molecule has 2 atom stereocenters. The lowest BCUT2D eigenvalue weighted by molar-refractivity contribution is -0.124. The smallest absolute Gasteiger partial charge is 0.414 e. The Bertz CT molecular complexity index is 934. The number of phenols is 1. The van der Waals surface area contributed by atoms with Gasteiger partial charge in [0.15, 0.2) is 17.7 Å². The van der Waals surface area contributed by atoms with E-state index in [1.165, 1.54) is 30.8 Å². The zero-order chi connectivity index (χ0) is 22.1. The van der Waals surface area contributed by atoms with Crippen LogP contribution < -0.4 is 10.8 Å². The van der Waals surface area contributed by atoms with Gasteiger partial charge in [-0.2, -0.15) is 0 Å². The maximum absolute atomic E-state index is 13.8. The second kappa shape index (κ2) is 10.7. The summed E-state index contributed by atoms with van der Waals surface area (Å²) < 4.78 is 24.3. The van der Waals surface area contributed by atoms with Crippen molar-refractivity contribution in [2.45, 2.75) is 12.2 Å². The molecule has 9 nitrogen and oxygen atoms in total. The van der Waals surface area contributed by atoms with Crippen LogP contribution in [0.15, 0.2) is 60.7 Å². The molecule has 0 spiro atoms. The van der Waals surface area contributed by atoms with Crippen LogP contribution in [-0.2, 0) is 14.3 Å². The number of nitrogens with one attached hydrogen (secondary N) is 2. The molecule has 0 radical (unpaired) electrons. The zero-order valence-corrected chi connectivity index (χ0v) is 15.7. The van der Waals surface area contributed by atoms with Crippen LogP contribution in [0.5, 0.6) is 5.75 Å². The van der Waals surface area contributed by atoms with Gasteiger partial charge in [-0.1, -0.05) is 24.3 Å². The van der Waals surface area contributed by atoms with Gasteiger partial charge in [-0.25, -0.2) is 14.7 Å². The fraction of sp³-hybridized carbons (Fsp3) is 0.150. The number of amides is 3. The molecule has 30 heavy (non-hydrogen) atoms. The summed E-state index contributed by atoms with van der Waals surface area (Å²) >= 11 is 0. The Morgan fingerprint density at radius 3 is 2.43 bits per heavy atom. The number of imide groups is 1. The Kier molecular flexibility index (Phi) is 8.03. The molecule has 0 saturated carbocycles. The van der Waals surface area contributed by atoms with Crippen LogP contribution in [0.25, 0.3) is 0 Å². The lowest BCUT2D eigenvalue weighted by Gasteiger charge is -2.24. The van der Waals surface area contributed by atoms with Crippen molar-refractivity contribution in [1.29, 1.82) is 0 Å². The van der Waals surface area contributed by atoms with Crippen LogP contribution in [0.2, 0.25) is 0 Å². The quantitative estimate of drug-likeness (QED) is 0.308. The Morgan fingerprint density at radius 2 is 1.83 bits per heavy atom. The molecule has 0 aliphatic heterocycles. The molecular formula is C20H19FN2O7. The van der Waals surface area contributed by atoms with E-state index in [-0.39, 0.29) is 11.1 Å². The highest BCUT2D eigenvalue weighted by molar-refractivity contribution is 6.02. The summed E-state index contributed by atoms with van der Waals surface area (Å²) in [4.78, 5) is 35.7. The van der Waals surface area contributed by atoms with Crippen LogP contribution in [0.4, 0.5) is 9.18 Å². The van der Waals surface area contributed by atoms with Crippen LogP contribution in [0.1, 0.15) is 22.0 Å². The van der Waals surface area contributed by atoms with Crippen LogP contribution >= 0.6 is 0 Å². The van der Waals surface area contributed by atoms with Crippen molar-refractivity contribution in [3.63, 3.8) is 0 Å². The largest absolute Gasteiger partial charge is 0.505 e. The van der Waals surface area contributed by atoms with E-state index >= 15 is 0 Å². The van der Waals surface area contributed by atoms with Gasteiger partial charge >= 0.3 is 6.09 Å². The molecule has 2 aromatic carbocycles. The van der Waals surface area contributed by atoms with E-state index in [0.29, 0.717) is 0 Å². The van der Waals surface area contributed by atoms with E-state index in [1.54, 1.807) is 18.2 Å². The van der Waals surface area contributed by atoms with Gasteiger partial charge in [-0.05, 0) is 35.9 Å². The number of hydrogen-bond donors (Lipinski definition) is 4. The molecule has 0 heterocycles. The number of methoxy groups -OCH3 is 1. The number of carbonyl (C=O) groups excluding carboxylic acids is 3. The van der Waals surface area contributed by atoms with Crippen molar-refractivity contribution in [2.75, 3.05) is 7.11 Å². The molecule has 0 bridgehead atoms. The number of rotatable bonds is 7. The lowest BCUT2D eigenvalue weighted by atomic mass is 10.0. The van der Waals surface area contributed by atoms with Gasteiger partial charge in [0.05, 0.1) is 0 Å². The summed E-state index contributed by atoms with van der Waals surface area (Å²) in [6.07, 6.45) is -1.49. The monoisotopic (exact) mass is 418 g/mol. The molecule has 10 heteroatoms. The standard InChI is InChI=1S/C20H19FN2O7/c1-29-16(9-10-17(25)23-28)18(13-7-8-15(24)14(21)11-13)30-20(27)22-19(26)12-5-3-2-4-6-12/h2-11,16,18,24,28H,1H3,(H,23,25)(H,22,26,27)/b10-9+/t16-,18-/m0/s1. The van der Waals surface area contributed by atoms with Crippen molar-refractivity contribution in [3.8, 4) is 5.75 Å². The highest BCUT2D eigenvalue weighted by atomic mass is 19.1. The van der Waals surface area contributed by atoms with E-state index in [4.69, 9.17) is 14.7 Å². The molecule has 4 N–H and O–H groups in total. The second-order valence-electron chi connectivity index (χ2n) is 5.89. The van der Waals surface area contributed by atoms with Crippen molar-refractivity contribution in [3.05, 3.63) is 77.6 Å². The minimum atomic E-state index is -1.31. The third kappa shape index (κ3) is 6.12. The first-order valence-corrected chi connectivity index (χ1v) is 8.56. The molecule has 3 amide bonds.